The van der Waals surface area contributed by atoms with Crippen molar-refractivity contribution in [3.05, 3.63) is 23.8 Å². The molecule has 2 N–H and O–H groups in total. The standard InChI is InChI=1S/C14H22N2O3/c1-4-19-13-6-5-12(9-11(13)2)16-14(17)10-15-7-8-18-3/h5-6,9,15H,4,7-8,10H2,1-3H3,(H,16,17). The third-order valence-electron chi connectivity index (χ3n) is 2.53. The van der Waals surface area contributed by atoms with Crippen molar-refractivity contribution in [1.29, 1.82) is 0 Å². The summed E-state index contributed by atoms with van der Waals surface area (Å²) < 4.78 is 10.3. The third kappa shape index (κ3) is 5.72. The number of hydrogen-bond donors (Lipinski definition) is 2. The van der Waals surface area contributed by atoms with Crippen LogP contribution in [0.15, 0.2) is 18.2 Å². The number of carbonyl (C=O) groups is 1. The van der Waals surface area contributed by atoms with Crippen molar-refractivity contribution in [3.63, 3.8) is 0 Å². The molecule has 0 atom stereocenters. The summed E-state index contributed by atoms with van der Waals surface area (Å²) in [5.74, 6) is 0.776. The molecule has 0 saturated heterocycles. The van der Waals surface area contributed by atoms with Crippen LogP contribution in [-0.4, -0.2) is 39.3 Å². The molecule has 1 amide bonds. The molecule has 1 aromatic rings. The van der Waals surface area contributed by atoms with E-state index in [9.17, 15) is 4.79 Å². The maximum absolute atomic E-state index is 11.7. The zero-order valence-electron chi connectivity index (χ0n) is 11.8. The van der Waals surface area contributed by atoms with Crippen LogP contribution in [0.4, 0.5) is 5.69 Å². The highest BCUT2D eigenvalue weighted by atomic mass is 16.5. The minimum atomic E-state index is -0.0698. The number of benzene rings is 1. The van der Waals surface area contributed by atoms with Gasteiger partial charge in [0.05, 0.1) is 19.8 Å². The van der Waals surface area contributed by atoms with E-state index in [1.165, 1.54) is 0 Å². The van der Waals surface area contributed by atoms with E-state index >= 15 is 0 Å². The zero-order chi connectivity index (χ0) is 14.1. The summed E-state index contributed by atoms with van der Waals surface area (Å²) in [6, 6.07) is 5.61. The van der Waals surface area contributed by atoms with Gasteiger partial charge < -0.3 is 20.1 Å². The number of methoxy groups -OCH3 is 1. The van der Waals surface area contributed by atoms with Crippen molar-refractivity contribution >= 4 is 11.6 Å². The van der Waals surface area contributed by atoms with Crippen LogP contribution < -0.4 is 15.4 Å². The molecule has 0 spiro atoms. The SMILES string of the molecule is CCOc1ccc(NC(=O)CNCCOC)cc1C. The lowest BCUT2D eigenvalue weighted by Gasteiger charge is -2.10. The van der Waals surface area contributed by atoms with E-state index < -0.39 is 0 Å². The first-order valence-corrected chi connectivity index (χ1v) is 6.40. The first-order chi connectivity index (χ1) is 9.17. The molecule has 0 radical (unpaired) electrons. The van der Waals surface area contributed by atoms with E-state index in [2.05, 4.69) is 10.6 Å². The van der Waals surface area contributed by atoms with Crippen LogP contribution in [0.25, 0.3) is 0 Å². The lowest BCUT2D eigenvalue weighted by atomic mass is 10.2. The molecule has 19 heavy (non-hydrogen) atoms. The fraction of sp³-hybridized carbons (Fsp3) is 0.500. The predicted molar refractivity (Wildman–Crippen MR) is 75.7 cm³/mol. The molecule has 0 aliphatic carbocycles. The van der Waals surface area contributed by atoms with Crippen LogP contribution in [-0.2, 0) is 9.53 Å². The fourth-order valence-corrected chi connectivity index (χ4v) is 1.63. The molecule has 0 bridgehead atoms. The third-order valence-corrected chi connectivity index (χ3v) is 2.53. The first kappa shape index (κ1) is 15.5. The van der Waals surface area contributed by atoms with Crippen LogP contribution >= 0.6 is 0 Å². The van der Waals surface area contributed by atoms with E-state index in [0.29, 0.717) is 19.8 Å². The van der Waals surface area contributed by atoms with Gasteiger partial charge in [0.2, 0.25) is 5.91 Å². The molecule has 106 valence electrons. The Morgan fingerprint density at radius 2 is 2.16 bits per heavy atom. The monoisotopic (exact) mass is 266 g/mol. The Labute approximate surface area is 114 Å². The number of rotatable bonds is 8. The van der Waals surface area contributed by atoms with Crippen LogP contribution in [0, 0.1) is 6.92 Å². The van der Waals surface area contributed by atoms with Gasteiger partial charge in [-0.15, -0.1) is 0 Å². The molecule has 1 aromatic carbocycles. The van der Waals surface area contributed by atoms with Crippen LogP contribution in [0.1, 0.15) is 12.5 Å². The predicted octanol–water partition coefficient (Wildman–Crippen LogP) is 1.57. The van der Waals surface area contributed by atoms with Gasteiger partial charge in [0, 0.05) is 19.3 Å². The van der Waals surface area contributed by atoms with E-state index in [0.717, 1.165) is 17.0 Å². The first-order valence-electron chi connectivity index (χ1n) is 6.40. The molecule has 0 aliphatic heterocycles. The van der Waals surface area contributed by atoms with Gasteiger partial charge in [-0.25, -0.2) is 0 Å². The highest BCUT2D eigenvalue weighted by Crippen LogP contribution is 2.21. The molecule has 0 aromatic heterocycles. The van der Waals surface area contributed by atoms with Gasteiger partial charge in [-0.05, 0) is 37.6 Å². The normalized spacial score (nSPS) is 10.3. The Hall–Kier alpha value is -1.59. The van der Waals surface area contributed by atoms with Gasteiger partial charge in [-0.1, -0.05) is 0 Å². The van der Waals surface area contributed by atoms with E-state index in [1.54, 1.807) is 7.11 Å². The second kappa shape index (κ2) is 8.50. The average Bonchev–Trinajstić information content (AvgIpc) is 2.38. The summed E-state index contributed by atoms with van der Waals surface area (Å²) in [5.41, 5.74) is 1.78. The van der Waals surface area contributed by atoms with E-state index in [-0.39, 0.29) is 12.5 Å². The topological polar surface area (TPSA) is 59.6 Å². The molecule has 0 fully saturated rings. The van der Waals surface area contributed by atoms with E-state index in [1.807, 2.05) is 32.0 Å². The second-order valence-electron chi connectivity index (χ2n) is 4.13. The summed E-state index contributed by atoms with van der Waals surface area (Å²) in [5, 5.41) is 5.82. The Balaban J connectivity index is 2.44. The number of anilines is 1. The lowest BCUT2D eigenvalue weighted by Crippen LogP contribution is -2.30. The summed E-state index contributed by atoms with van der Waals surface area (Å²) >= 11 is 0. The van der Waals surface area contributed by atoms with Gasteiger partial charge in [-0.2, -0.15) is 0 Å². The number of carbonyl (C=O) groups excluding carboxylic acids is 1. The van der Waals surface area contributed by atoms with Crippen LogP contribution in [0.3, 0.4) is 0 Å². The molecule has 5 heteroatoms. The Bertz CT molecular complexity index is 408. The van der Waals surface area contributed by atoms with Crippen LogP contribution in [0.2, 0.25) is 0 Å². The molecule has 0 aliphatic rings. The van der Waals surface area contributed by atoms with Gasteiger partial charge in [-0.3, -0.25) is 4.79 Å². The molecule has 0 heterocycles. The van der Waals surface area contributed by atoms with Crippen molar-refractivity contribution < 1.29 is 14.3 Å². The fourth-order valence-electron chi connectivity index (χ4n) is 1.63. The molecule has 0 unspecified atom stereocenters. The van der Waals surface area contributed by atoms with E-state index in [4.69, 9.17) is 9.47 Å². The Morgan fingerprint density at radius 1 is 1.37 bits per heavy atom. The highest BCUT2D eigenvalue weighted by Gasteiger charge is 2.04. The minimum absolute atomic E-state index is 0.0698. The lowest BCUT2D eigenvalue weighted by molar-refractivity contribution is -0.115. The zero-order valence-corrected chi connectivity index (χ0v) is 11.8. The van der Waals surface area contributed by atoms with Crippen molar-refractivity contribution in [2.45, 2.75) is 13.8 Å². The number of amides is 1. The van der Waals surface area contributed by atoms with Crippen LogP contribution in [0.5, 0.6) is 5.75 Å². The molecular formula is C14H22N2O3. The van der Waals surface area contributed by atoms with Crippen molar-refractivity contribution in [2.24, 2.45) is 0 Å². The van der Waals surface area contributed by atoms with Gasteiger partial charge >= 0.3 is 0 Å². The number of aryl methyl sites for hydroxylation is 1. The van der Waals surface area contributed by atoms with Crippen molar-refractivity contribution in [1.82, 2.24) is 5.32 Å². The highest BCUT2D eigenvalue weighted by molar-refractivity contribution is 5.92. The number of hydrogen-bond acceptors (Lipinski definition) is 4. The molecule has 5 nitrogen and oxygen atoms in total. The summed E-state index contributed by atoms with van der Waals surface area (Å²) in [4.78, 5) is 11.7. The summed E-state index contributed by atoms with van der Waals surface area (Å²) in [6.07, 6.45) is 0. The summed E-state index contributed by atoms with van der Waals surface area (Å²) in [6.45, 7) is 6.06. The van der Waals surface area contributed by atoms with Gasteiger partial charge in [0.15, 0.2) is 0 Å². The Kier molecular flexibility index (Phi) is 6.92. The molecular weight excluding hydrogens is 244 g/mol. The average molecular weight is 266 g/mol. The maximum atomic E-state index is 11.7. The minimum Gasteiger partial charge on any atom is -0.494 e. The quantitative estimate of drug-likeness (QED) is 0.701. The van der Waals surface area contributed by atoms with Crippen molar-refractivity contribution in [3.8, 4) is 5.75 Å². The molecule has 0 saturated carbocycles. The summed E-state index contributed by atoms with van der Waals surface area (Å²) in [7, 11) is 1.63. The Morgan fingerprint density at radius 3 is 2.79 bits per heavy atom. The molecule has 1 rings (SSSR count). The van der Waals surface area contributed by atoms with Gasteiger partial charge in [0.1, 0.15) is 5.75 Å². The largest absolute Gasteiger partial charge is 0.494 e. The smallest absolute Gasteiger partial charge is 0.238 e. The van der Waals surface area contributed by atoms with Crippen molar-refractivity contribution in [2.75, 3.05) is 38.7 Å². The maximum Gasteiger partial charge on any atom is 0.238 e. The number of nitrogens with one attached hydrogen (secondary N) is 2. The van der Waals surface area contributed by atoms with Gasteiger partial charge in [0.25, 0.3) is 0 Å². The number of ether oxygens (including phenoxy) is 2. The second-order valence-corrected chi connectivity index (χ2v) is 4.13.